The van der Waals surface area contributed by atoms with Crippen molar-refractivity contribution in [3.63, 3.8) is 0 Å². The van der Waals surface area contributed by atoms with Gasteiger partial charge in [0, 0.05) is 13.1 Å². The number of H-pyrrole nitrogens is 1. The summed E-state index contributed by atoms with van der Waals surface area (Å²) < 4.78 is 14.2. The SMILES string of the molecule is O=C(NC(c1ccccc1)c1ccc2nc[nH]c2c1)C1CCN(c2ccccc2F)C1. The second-order valence-corrected chi connectivity index (χ2v) is 7.91. The molecule has 1 aliphatic rings. The molecule has 156 valence electrons. The normalized spacial score (nSPS) is 17.1. The minimum absolute atomic E-state index is 0.0163. The number of nitrogens with one attached hydrogen (secondary N) is 2. The molecule has 0 spiro atoms. The van der Waals surface area contributed by atoms with Gasteiger partial charge in [-0.3, -0.25) is 4.79 Å². The summed E-state index contributed by atoms with van der Waals surface area (Å²) in [7, 11) is 0. The highest BCUT2D eigenvalue weighted by Crippen LogP contribution is 2.29. The maximum absolute atomic E-state index is 14.2. The van der Waals surface area contributed by atoms with Crippen molar-refractivity contribution in [2.45, 2.75) is 12.5 Å². The molecule has 2 heterocycles. The Balaban J connectivity index is 1.38. The smallest absolute Gasteiger partial charge is 0.225 e. The van der Waals surface area contributed by atoms with Crippen molar-refractivity contribution >= 4 is 22.6 Å². The minimum Gasteiger partial charge on any atom is -0.368 e. The number of amides is 1. The molecule has 2 unspecified atom stereocenters. The highest BCUT2D eigenvalue weighted by molar-refractivity contribution is 5.82. The van der Waals surface area contributed by atoms with Crippen molar-refractivity contribution in [1.82, 2.24) is 15.3 Å². The molecule has 5 nitrogen and oxygen atoms in total. The van der Waals surface area contributed by atoms with Crippen molar-refractivity contribution < 1.29 is 9.18 Å². The van der Waals surface area contributed by atoms with Crippen molar-refractivity contribution in [3.05, 3.63) is 96.1 Å². The van der Waals surface area contributed by atoms with E-state index in [-0.39, 0.29) is 23.7 Å². The van der Waals surface area contributed by atoms with Gasteiger partial charge < -0.3 is 15.2 Å². The van der Waals surface area contributed by atoms with E-state index >= 15 is 0 Å². The fraction of sp³-hybridized carbons (Fsp3) is 0.200. The zero-order chi connectivity index (χ0) is 21.2. The van der Waals surface area contributed by atoms with Gasteiger partial charge in [-0.25, -0.2) is 9.37 Å². The molecule has 1 fully saturated rings. The number of nitrogens with zero attached hydrogens (tertiary/aromatic N) is 2. The van der Waals surface area contributed by atoms with Crippen LogP contribution in [0.15, 0.2) is 79.1 Å². The topological polar surface area (TPSA) is 61.0 Å². The number of aromatic amines is 1. The number of hydrogen-bond donors (Lipinski definition) is 2. The van der Waals surface area contributed by atoms with Crippen LogP contribution in [0.2, 0.25) is 0 Å². The lowest BCUT2D eigenvalue weighted by molar-refractivity contribution is -0.124. The van der Waals surface area contributed by atoms with Crippen LogP contribution in [0.1, 0.15) is 23.6 Å². The first kappa shape index (κ1) is 19.3. The standard InChI is InChI=1S/C25H23FN4O/c26-20-8-4-5-9-23(20)30-13-12-19(15-30)25(31)29-24(17-6-2-1-3-7-17)18-10-11-21-22(14-18)28-16-27-21/h1-11,14,16,19,24H,12-13,15H2,(H,27,28)(H,29,31). The van der Waals surface area contributed by atoms with Gasteiger partial charge in [0.2, 0.25) is 5.91 Å². The van der Waals surface area contributed by atoms with Crippen molar-refractivity contribution in [3.8, 4) is 0 Å². The average Bonchev–Trinajstić information content (AvgIpc) is 3.47. The first-order valence-corrected chi connectivity index (χ1v) is 10.5. The van der Waals surface area contributed by atoms with E-state index in [0.29, 0.717) is 25.2 Å². The summed E-state index contributed by atoms with van der Waals surface area (Å²) in [6, 6.07) is 22.4. The molecule has 0 bridgehead atoms. The Bertz CT molecular complexity index is 1210. The van der Waals surface area contributed by atoms with E-state index in [0.717, 1.165) is 22.2 Å². The van der Waals surface area contributed by atoms with Gasteiger partial charge in [-0.2, -0.15) is 0 Å². The Morgan fingerprint density at radius 2 is 1.87 bits per heavy atom. The Kier molecular flexibility index (Phi) is 5.12. The molecule has 2 N–H and O–H groups in total. The minimum atomic E-state index is -0.274. The summed E-state index contributed by atoms with van der Waals surface area (Å²) in [4.78, 5) is 22.6. The van der Waals surface area contributed by atoms with E-state index in [9.17, 15) is 9.18 Å². The average molecular weight is 414 g/mol. The van der Waals surface area contributed by atoms with Crippen LogP contribution in [0, 0.1) is 11.7 Å². The zero-order valence-electron chi connectivity index (χ0n) is 17.0. The number of rotatable bonds is 5. The van der Waals surface area contributed by atoms with Crippen LogP contribution in [0.5, 0.6) is 0 Å². The lowest BCUT2D eigenvalue weighted by Crippen LogP contribution is -2.36. The van der Waals surface area contributed by atoms with Gasteiger partial charge in [0.1, 0.15) is 5.82 Å². The van der Waals surface area contributed by atoms with Crippen LogP contribution < -0.4 is 10.2 Å². The number of fused-ring (bicyclic) bond motifs is 1. The van der Waals surface area contributed by atoms with Gasteiger partial charge >= 0.3 is 0 Å². The second-order valence-electron chi connectivity index (χ2n) is 7.91. The quantitative estimate of drug-likeness (QED) is 0.508. The summed E-state index contributed by atoms with van der Waals surface area (Å²) in [5.74, 6) is -0.460. The van der Waals surface area contributed by atoms with Gasteiger partial charge in [0.05, 0.1) is 35.0 Å². The van der Waals surface area contributed by atoms with Gasteiger partial charge in [0.25, 0.3) is 0 Å². The van der Waals surface area contributed by atoms with Gasteiger partial charge in [-0.15, -0.1) is 0 Å². The first-order chi connectivity index (χ1) is 15.2. The maximum atomic E-state index is 14.2. The molecule has 0 radical (unpaired) electrons. The maximum Gasteiger partial charge on any atom is 0.225 e. The number of anilines is 1. The Morgan fingerprint density at radius 3 is 2.71 bits per heavy atom. The zero-order valence-corrected chi connectivity index (χ0v) is 17.0. The first-order valence-electron chi connectivity index (χ1n) is 10.5. The van der Waals surface area contributed by atoms with E-state index in [1.807, 2.05) is 59.5 Å². The molecule has 1 saturated heterocycles. The van der Waals surface area contributed by atoms with Crippen molar-refractivity contribution in [2.24, 2.45) is 5.92 Å². The van der Waals surface area contributed by atoms with E-state index in [4.69, 9.17) is 0 Å². The molecule has 1 aliphatic heterocycles. The number of para-hydroxylation sites is 1. The third-order valence-electron chi connectivity index (χ3n) is 5.95. The Morgan fingerprint density at radius 1 is 1.06 bits per heavy atom. The highest BCUT2D eigenvalue weighted by Gasteiger charge is 2.31. The van der Waals surface area contributed by atoms with Crippen molar-refractivity contribution in [2.75, 3.05) is 18.0 Å². The largest absolute Gasteiger partial charge is 0.368 e. The predicted octanol–water partition coefficient (Wildman–Crippen LogP) is 4.43. The van der Waals surface area contributed by atoms with E-state index in [1.165, 1.54) is 6.07 Å². The summed E-state index contributed by atoms with van der Waals surface area (Å²) in [6.45, 7) is 1.17. The second kappa shape index (κ2) is 8.22. The van der Waals surface area contributed by atoms with Gasteiger partial charge in [-0.1, -0.05) is 48.5 Å². The fourth-order valence-corrected chi connectivity index (χ4v) is 4.30. The van der Waals surface area contributed by atoms with E-state index < -0.39 is 0 Å². The van der Waals surface area contributed by atoms with Crippen LogP contribution in [0.25, 0.3) is 11.0 Å². The molecule has 1 aromatic heterocycles. The molecular weight excluding hydrogens is 391 g/mol. The summed E-state index contributed by atoms with van der Waals surface area (Å²) in [5, 5.41) is 3.24. The van der Waals surface area contributed by atoms with Crippen LogP contribution in [0.3, 0.4) is 0 Å². The highest BCUT2D eigenvalue weighted by atomic mass is 19.1. The number of imidazole rings is 1. The van der Waals surface area contributed by atoms with Crippen molar-refractivity contribution in [1.29, 1.82) is 0 Å². The summed E-state index contributed by atoms with van der Waals surface area (Å²) in [5.41, 5.74) is 4.37. The number of benzene rings is 3. The molecule has 3 aromatic carbocycles. The van der Waals surface area contributed by atoms with E-state index in [1.54, 1.807) is 18.5 Å². The van der Waals surface area contributed by atoms with E-state index in [2.05, 4.69) is 15.3 Å². The molecule has 0 saturated carbocycles. The molecule has 4 aromatic rings. The van der Waals surface area contributed by atoms with Crippen LogP contribution in [0.4, 0.5) is 10.1 Å². The molecular formula is C25H23FN4O. The predicted molar refractivity (Wildman–Crippen MR) is 119 cm³/mol. The summed E-state index contributed by atoms with van der Waals surface area (Å²) in [6.07, 6.45) is 2.36. The van der Waals surface area contributed by atoms with Crippen LogP contribution in [-0.2, 0) is 4.79 Å². The Hall–Kier alpha value is -3.67. The molecule has 0 aliphatic carbocycles. The van der Waals surface area contributed by atoms with Crippen LogP contribution >= 0.6 is 0 Å². The molecule has 31 heavy (non-hydrogen) atoms. The number of hydrogen-bond acceptors (Lipinski definition) is 3. The molecule has 6 heteroatoms. The number of carbonyl (C=O) groups excluding carboxylic acids is 1. The number of halogens is 1. The molecule has 1 amide bonds. The number of aromatic nitrogens is 2. The van der Waals surface area contributed by atoms with Crippen LogP contribution in [-0.4, -0.2) is 29.0 Å². The third-order valence-corrected chi connectivity index (χ3v) is 5.95. The molecule has 2 atom stereocenters. The lowest BCUT2D eigenvalue weighted by Gasteiger charge is -2.23. The fourth-order valence-electron chi connectivity index (χ4n) is 4.30. The Labute approximate surface area is 179 Å². The van der Waals surface area contributed by atoms with Gasteiger partial charge in [-0.05, 0) is 41.8 Å². The molecule has 5 rings (SSSR count). The third kappa shape index (κ3) is 3.89. The van der Waals surface area contributed by atoms with Gasteiger partial charge in [0.15, 0.2) is 0 Å². The summed E-state index contributed by atoms with van der Waals surface area (Å²) >= 11 is 0. The lowest BCUT2D eigenvalue weighted by atomic mass is 9.97. The monoisotopic (exact) mass is 414 g/mol. The number of carbonyl (C=O) groups is 1.